The molecule has 0 saturated carbocycles. The topological polar surface area (TPSA) is 77.6 Å². The second-order valence-corrected chi connectivity index (χ2v) is 8.00. The second-order valence-electron chi connectivity index (χ2n) is 8.00. The monoisotopic (exact) mass is 391 g/mol. The highest BCUT2D eigenvalue weighted by Gasteiger charge is 2.41. The van der Waals surface area contributed by atoms with Gasteiger partial charge in [0, 0.05) is 55.6 Å². The van der Waals surface area contributed by atoms with Crippen molar-refractivity contribution in [3.8, 4) is 0 Å². The highest BCUT2D eigenvalue weighted by atomic mass is 16.2. The predicted octanol–water partition coefficient (Wildman–Crippen LogP) is 1.81. The van der Waals surface area contributed by atoms with Gasteiger partial charge in [-0.2, -0.15) is 0 Å². The predicted molar refractivity (Wildman–Crippen MR) is 109 cm³/mol. The van der Waals surface area contributed by atoms with Crippen LogP contribution < -0.4 is 10.6 Å². The summed E-state index contributed by atoms with van der Waals surface area (Å²) >= 11 is 0. The highest BCUT2D eigenvalue weighted by molar-refractivity contribution is 5.95. The Morgan fingerprint density at radius 2 is 1.97 bits per heavy atom. The average Bonchev–Trinajstić information content (AvgIpc) is 3.29. The third-order valence-corrected chi connectivity index (χ3v) is 6.40. The van der Waals surface area contributed by atoms with Crippen molar-refractivity contribution in [1.82, 2.24) is 20.1 Å². The number of fused-ring (bicyclic) bond motifs is 3. The Morgan fingerprint density at radius 1 is 1.10 bits per heavy atom. The van der Waals surface area contributed by atoms with E-state index in [4.69, 9.17) is 0 Å². The zero-order valence-corrected chi connectivity index (χ0v) is 16.3. The van der Waals surface area contributed by atoms with Crippen LogP contribution in [0.15, 0.2) is 42.6 Å². The van der Waals surface area contributed by atoms with Crippen molar-refractivity contribution in [2.75, 3.05) is 38.0 Å². The molecule has 2 N–H and O–H groups in total. The van der Waals surface area contributed by atoms with E-state index < -0.39 is 0 Å². The molecule has 0 radical (unpaired) electrons. The van der Waals surface area contributed by atoms with E-state index in [9.17, 15) is 9.59 Å². The quantitative estimate of drug-likeness (QED) is 0.781. The molecular formula is C22H25N5O2. The minimum absolute atomic E-state index is 0.0414. The molecule has 4 heterocycles. The third-order valence-electron chi connectivity index (χ3n) is 6.40. The van der Waals surface area contributed by atoms with E-state index in [1.54, 1.807) is 4.90 Å². The van der Waals surface area contributed by atoms with Crippen LogP contribution in [-0.4, -0.2) is 59.8 Å². The summed E-state index contributed by atoms with van der Waals surface area (Å²) in [7, 11) is 0. The Bertz CT molecular complexity index is 911. The summed E-state index contributed by atoms with van der Waals surface area (Å²) in [4.78, 5) is 32.1. The van der Waals surface area contributed by atoms with Crippen molar-refractivity contribution in [1.29, 1.82) is 0 Å². The maximum absolute atomic E-state index is 13.0. The van der Waals surface area contributed by atoms with Crippen molar-refractivity contribution < 1.29 is 9.59 Å². The first-order valence-electron chi connectivity index (χ1n) is 10.3. The van der Waals surface area contributed by atoms with Gasteiger partial charge in [0.05, 0.1) is 11.7 Å². The lowest BCUT2D eigenvalue weighted by molar-refractivity contribution is -0.119. The lowest BCUT2D eigenvalue weighted by atomic mass is 9.81. The Kier molecular flexibility index (Phi) is 4.67. The molecule has 0 bridgehead atoms. The summed E-state index contributed by atoms with van der Waals surface area (Å²) in [5.74, 6) is 0.443. The summed E-state index contributed by atoms with van der Waals surface area (Å²) in [6, 6.07) is 12.4. The molecule has 2 aromatic rings. The van der Waals surface area contributed by atoms with Crippen molar-refractivity contribution in [3.63, 3.8) is 0 Å². The van der Waals surface area contributed by atoms with Gasteiger partial charge in [-0.05, 0) is 48.9 Å². The van der Waals surface area contributed by atoms with Crippen LogP contribution in [0.1, 0.15) is 40.1 Å². The number of pyridine rings is 1. The summed E-state index contributed by atoms with van der Waals surface area (Å²) in [5, 5.41) is 7.31. The van der Waals surface area contributed by atoms with E-state index in [0.717, 1.165) is 36.3 Å². The van der Waals surface area contributed by atoms with Gasteiger partial charge in [-0.25, -0.2) is 0 Å². The number of amides is 2. The van der Waals surface area contributed by atoms with Gasteiger partial charge in [-0.1, -0.05) is 6.07 Å². The van der Waals surface area contributed by atoms with Crippen LogP contribution in [0.5, 0.6) is 0 Å². The maximum atomic E-state index is 13.0. The molecule has 150 valence electrons. The van der Waals surface area contributed by atoms with Crippen molar-refractivity contribution in [3.05, 3.63) is 59.4 Å². The number of hydrogen-bond donors (Lipinski definition) is 2. The molecule has 3 unspecified atom stereocenters. The molecule has 0 spiro atoms. The minimum Gasteiger partial charge on any atom is -0.376 e. The first-order chi connectivity index (χ1) is 14.2. The number of carbonyl (C=O) groups excluding carboxylic acids is 2. The molecule has 1 aromatic carbocycles. The van der Waals surface area contributed by atoms with Gasteiger partial charge in [0.25, 0.3) is 5.91 Å². The Balaban J connectivity index is 1.41. The van der Waals surface area contributed by atoms with Crippen LogP contribution >= 0.6 is 0 Å². The van der Waals surface area contributed by atoms with Crippen molar-refractivity contribution in [2.24, 2.45) is 5.92 Å². The van der Waals surface area contributed by atoms with E-state index in [1.165, 1.54) is 0 Å². The zero-order chi connectivity index (χ0) is 19.8. The molecule has 0 aliphatic carbocycles. The van der Waals surface area contributed by atoms with Gasteiger partial charge in [0.1, 0.15) is 0 Å². The van der Waals surface area contributed by atoms with E-state index in [0.29, 0.717) is 37.7 Å². The second kappa shape index (κ2) is 7.48. The molecule has 5 rings (SSSR count). The fraction of sp³-hybridized carbons (Fsp3) is 0.409. The van der Waals surface area contributed by atoms with Gasteiger partial charge in [0.15, 0.2) is 0 Å². The summed E-state index contributed by atoms with van der Waals surface area (Å²) in [6.45, 7) is 3.32. The zero-order valence-electron chi connectivity index (χ0n) is 16.3. The Labute approximate surface area is 170 Å². The van der Waals surface area contributed by atoms with E-state index >= 15 is 0 Å². The number of piperazine rings is 1. The number of nitrogens with zero attached hydrogens (tertiary/aromatic N) is 3. The molecule has 3 atom stereocenters. The molecule has 3 aliphatic heterocycles. The highest BCUT2D eigenvalue weighted by Crippen LogP contribution is 2.47. The molecular weight excluding hydrogens is 366 g/mol. The first kappa shape index (κ1) is 18.1. The summed E-state index contributed by atoms with van der Waals surface area (Å²) in [6.07, 6.45) is 3.77. The molecule has 7 nitrogen and oxygen atoms in total. The van der Waals surface area contributed by atoms with Crippen molar-refractivity contribution in [2.45, 2.75) is 18.5 Å². The van der Waals surface area contributed by atoms with Gasteiger partial charge >= 0.3 is 0 Å². The van der Waals surface area contributed by atoms with E-state index in [-0.39, 0.29) is 18.0 Å². The normalized spacial score (nSPS) is 25.7. The van der Waals surface area contributed by atoms with Gasteiger partial charge in [-0.3, -0.25) is 14.6 Å². The molecule has 7 heteroatoms. The number of rotatable bonds is 3. The average molecular weight is 391 g/mol. The molecule has 3 aliphatic rings. The summed E-state index contributed by atoms with van der Waals surface area (Å²) < 4.78 is 0. The first-order valence-corrected chi connectivity index (χ1v) is 10.3. The van der Waals surface area contributed by atoms with Crippen LogP contribution in [0.25, 0.3) is 0 Å². The number of aromatic nitrogens is 1. The van der Waals surface area contributed by atoms with Gasteiger partial charge < -0.3 is 20.4 Å². The van der Waals surface area contributed by atoms with Gasteiger partial charge in [0.2, 0.25) is 6.41 Å². The number of carbonyl (C=O) groups is 2. The lowest BCUT2D eigenvalue weighted by Crippen LogP contribution is -2.48. The smallest absolute Gasteiger partial charge is 0.253 e. The summed E-state index contributed by atoms with van der Waals surface area (Å²) in [5.41, 5.74) is 4.01. The van der Waals surface area contributed by atoms with Crippen LogP contribution in [0.4, 0.5) is 5.69 Å². The van der Waals surface area contributed by atoms with Crippen LogP contribution in [0.3, 0.4) is 0 Å². The largest absolute Gasteiger partial charge is 0.376 e. The number of hydrogen-bond acceptors (Lipinski definition) is 5. The van der Waals surface area contributed by atoms with Crippen LogP contribution in [0, 0.1) is 5.92 Å². The Morgan fingerprint density at radius 3 is 2.72 bits per heavy atom. The third kappa shape index (κ3) is 3.25. The van der Waals surface area contributed by atoms with Crippen molar-refractivity contribution >= 4 is 18.0 Å². The molecule has 2 fully saturated rings. The van der Waals surface area contributed by atoms with Gasteiger partial charge in [-0.15, -0.1) is 0 Å². The molecule has 29 heavy (non-hydrogen) atoms. The minimum atomic E-state index is 0.0414. The van der Waals surface area contributed by atoms with E-state index in [2.05, 4.69) is 21.7 Å². The SMILES string of the molecule is O=CN1CCN(C(=O)c2ccc3c(c2)C2NCCC2C(c2ccccn2)N3)CC1. The maximum Gasteiger partial charge on any atom is 0.253 e. The number of benzene rings is 1. The fourth-order valence-electron chi connectivity index (χ4n) is 4.85. The van der Waals surface area contributed by atoms with E-state index in [1.807, 2.05) is 41.4 Å². The van der Waals surface area contributed by atoms with Crippen LogP contribution in [0.2, 0.25) is 0 Å². The number of anilines is 1. The lowest BCUT2D eigenvalue weighted by Gasteiger charge is -2.37. The molecule has 1 aromatic heterocycles. The Hall–Kier alpha value is -2.93. The fourth-order valence-corrected chi connectivity index (χ4v) is 4.85. The number of nitrogens with one attached hydrogen (secondary N) is 2. The standard InChI is InChI=1S/C22H25N5O2/c28-14-26-9-11-27(12-10-26)22(29)15-4-5-18-17(13-15)20-16(6-8-24-20)21(25-18)19-3-1-2-7-23-19/h1-5,7,13-14,16,20-21,24-25H,6,8-12H2. The van der Waals surface area contributed by atoms with Crippen LogP contribution in [-0.2, 0) is 4.79 Å². The molecule has 2 saturated heterocycles. The molecule has 2 amide bonds.